The highest BCUT2D eigenvalue weighted by atomic mass is 35.5. The summed E-state index contributed by atoms with van der Waals surface area (Å²) >= 11 is 13.5. The number of aliphatic hydroxyl groups excluding tert-OH is 1. The molecule has 2 aromatic rings. The first-order valence-electron chi connectivity index (χ1n) is 5.66. The zero-order valence-electron chi connectivity index (χ0n) is 10.2. The maximum Gasteiger partial charge on any atom is 0.0841 e. The first kappa shape index (κ1) is 13.9. The molecule has 1 aromatic carbocycles. The average molecular weight is 301 g/mol. The Labute approximate surface area is 121 Å². The average Bonchev–Trinajstić information content (AvgIpc) is 2.63. The van der Waals surface area contributed by atoms with Gasteiger partial charge in [0.2, 0.25) is 0 Å². The third-order valence-electron chi connectivity index (χ3n) is 2.85. The van der Waals surface area contributed by atoms with Crippen LogP contribution in [0.15, 0.2) is 24.3 Å². The van der Waals surface area contributed by atoms with Crippen molar-refractivity contribution in [3.05, 3.63) is 55.2 Å². The van der Waals surface area contributed by atoms with E-state index in [4.69, 9.17) is 23.2 Å². The Morgan fingerprint density at radius 2 is 1.89 bits per heavy atom. The van der Waals surface area contributed by atoms with Gasteiger partial charge < -0.3 is 5.11 Å². The van der Waals surface area contributed by atoms with E-state index in [0.717, 1.165) is 11.1 Å². The van der Waals surface area contributed by atoms with Gasteiger partial charge in [-0.3, -0.25) is 0 Å². The van der Waals surface area contributed by atoms with E-state index in [0.29, 0.717) is 16.5 Å². The van der Waals surface area contributed by atoms with Crippen LogP contribution in [-0.2, 0) is 6.42 Å². The Hall–Kier alpha value is -0.540. The molecule has 0 amide bonds. The van der Waals surface area contributed by atoms with E-state index in [9.17, 15) is 5.11 Å². The molecule has 0 saturated heterocycles. The molecule has 1 N–H and O–H groups in total. The maximum absolute atomic E-state index is 10.3. The Morgan fingerprint density at radius 3 is 2.44 bits per heavy atom. The topological polar surface area (TPSA) is 20.2 Å². The molecule has 0 aliphatic heterocycles. The molecule has 1 nitrogen and oxygen atoms in total. The van der Waals surface area contributed by atoms with Crippen molar-refractivity contribution >= 4 is 34.5 Å². The number of aryl methyl sites for hydroxylation is 2. The highest BCUT2D eigenvalue weighted by Crippen LogP contribution is 2.30. The third kappa shape index (κ3) is 3.07. The number of thiophene rings is 1. The van der Waals surface area contributed by atoms with Gasteiger partial charge in [0.1, 0.15) is 0 Å². The largest absolute Gasteiger partial charge is 0.388 e. The van der Waals surface area contributed by atoms with Crippen LogP contribution in [0.2, 0.25) is 10.0 Å². The zero-order chi connectivity index (χ0) is 13.3. The van der Waals surface area contributed by atoms with Gasteiger partial charge in [-0.1, -0.05) is 29.3 Å². The minimum atomic E-state index is -0.493. The van der Waals surface area contributed by atoms with E-state index in [-0.39, 0.29) is 0 Å². The second kappa shape index (κ2) is 5.62. The highest BCUT2D eigenvalue weighted by molar-refractivity contribution is 7.12. The van der Waals surface area contributed by atoms with E-state index < -0.39 is 6.10 Å². The van der Waals surface area contributed by atoms with Gasteiger partial charge in [-0.25, -0.2) is 0 Å². The van der Waals surface area contributed by atoms with Gasteiger partial charge in [0.05, 0.1) is 16.1 Å². The molecular formula is C14H14Cl2OS. The van der Waals surface area contributed by atoms with E-state index >= 15 is 0 Å². The molecule has 1 atom stereocenters. The first-order valence-corrected chi connectivity index (χ1v) is 7.23. The van der Waals surface area contributed by atoms with Crippen LogP contribution >= 0.6 is 34.5 Å². The molecule has 0 saturated carbocycles. The second-order valence-corrected chi connectivity index (χ2v) is 6.61. The Bertz CT molecular complexity index is 563. The van der Waals surface area contributed by atoms with Gasteiger partial charge in [-0.15, -0.1) is 11.3 Å². The Balaban J connectivity index is 2.18. The van der Waals surface area contributed by atoms with Crippen molar-refractivity contribution in [2.24, 2.45) is 0 Å². The summed E-state index contributed by atoms with van der Waals surface area (Å²) in [5, 5.41) is 11.3. The summed E-state index contributed by atoms with van der Waals surface area (Å²) in [4.78, 5) is 2.38. The summed E-state index contributed by atoms with van der Waals surface area (Å²) in [6.07, 6.45) is 0.0562. The molecule has 1 unspecified atom stereocenters. The van der Waals surface area contributed by atoms with Gasteiger partial charge in [-0.05, 0) is 43.2 Å². The lowest BCUT2D eigenvalue weighted by Crippen LogP contribution is -2.01. The smallest absolute Gasteiger partial charge is 0.0841 e. The number of halogens is 2. The SMILES string of the molecule is Cc1cc(C(O)Cc2ccc(Cl)c(Cl)c2)c(C)s1. The van der Waals surface area contributed by atoms with Crippen LogP contribution in [0.4, 0.5) is 0 Å². The summed E-state index contributed by atoms with van der Waals surface area (Å²) < 4.78 is 0. The summed E-state index contributed by atoms with van der Waals surface area (Å²) in [5.41, 5.74) is 1.99. The van der Waals surface area contributed by atoms with Crippen molar-refractivity contribution < 1.29 is 5.11 Å². The van der Waals surface area contributed by atoms with Gasteiger partial charge in [0.15, 0.2) is 0 Å². The molecular weight excluding hydrogens is 287 g/mol. The van der Waals surface area contributed by atoms with Crippen LogP contribution in [0.3, 0.4) is 0 Å². The van der Waals surface area contributed by atoms with Crippen molar-refractivity contribution in [1.29, 1.82) is 0 Å². The van der Waals surface area contributed by atoms with Crippen molar-refractivity contribution in [1.82, 2.24) is 0 Å². The van der Waals surface area contributed by atoms with Crippen LogP contribution < -0.4 is 0 Å². The molecule has 0 radical (unpaired) electrons. The van der Waals surface area contributed by atoms with Crippen molar-refractivity contribution in [3.63, 3.8) is 0 Å². The molecule has 1 aromatic heterocycles. The van der Waals surface area contributed by atoms with Crippen LogP contribution in [0.25, 0.3) is 0 Å². The van der Waals surface area contributed by atoms with Gasteiger partial charge in [0.25, 0.3) is 0 Å². The minimum Gasteiger partial charge on any atom is -0.388 e. The number of aliphatic hydroxyl groups is 1. The summed E-state index contributed by atoms with van der Waals surface area (Å²) in [6, 6.07) is 7.51. The summed E-state index contributed by atoms with van der Waals surface area (Å²) in [7, 11) is 0. The second-order valence-electron chi connectivity index (χ2n) is 4.34. The van der Waals surface area contributed by atoms with E-state index in [2.05, 4.69) is 0 Å². The predicted molar refractivity (Wildman–Crippen MR) is 78.9 cm³/mol. The standard InChI is InChI=1S/C14H14Cl2OS/c1-8-5-11(9(2)18-8)14(17)7-10-3-4-12(15)13(16)6-10/h3-6,14,17H,7H2,1-2H3. The Kier molecular flexibility index (Phi) is 4.33. The quantitative estimate of drug-likeness (QED) is 0.850. The van der Waals surface area contributed by atoms with E-state index in [1.165, 1.54) is 9.75 Å². The molecule has 0 fully saturated rings. The van der Waals surface area contributed by atoms with Gasteiger partial charge >= 0.3 is 0 Å². The van der Waals surface area contributed by atoms with Crippen LogP contribution in [0.5, 0.6) is 0 Å². The molecule has 2 rings (SSSR count). The minimum absolute atomic E-state index is 0.493. The van der Waals surface area contributed by atoms with Crippen molar-refractivity contribution in [2.45, 2.75) is 26.4 Å². The number of rotatable bonds is 3. The van der Waals surface area contributed by atoms with E-state index in [1.807, 2.05) is 32.0 Å². The molecule has 0 aliphatic carbocycles. The predicted octanol–water partition coefficient (Wildman–Crippen LogP) is 4.95. The molecule has 0 spiro atoms. The zero-order valence-corrected chi connectivity index (χ0v) is 12.5. The number of hydrogen-bond donors (Lipinski definition) is 1. The lowest BCUT2D eigenvalue weighted by Gasteiger charge is -2.11. The van der Waals surface area contributed by atoms with Crippen LogP contribution in [-0.4, -0.2) is 5.11 Å². The summed E-state index contributed by atoms with van der Waals surface area (Å²) in [5.74, 6) is 0. The Morgan fingerprint density at radius 1 is 1.17 bits per heavy atom. The first-order chi connectivity index (χ1) is 8.47. The molecule has 96 valence electrons. The fraction of sp³-hybridized carbons (Fsp3) is 0.286. The molecule has 1 heterocycles. The molecule has 18 heavy (non-hydrogen) atoms. The maximum atomic E-state index is 10.3. The molecule has 0 aliphatic rings. The fourth-order valence-corrected chi connectivity index (χ4v) is 3.28. The molecule has 0 bridgehead atoms. The highest BCUT2D eigenvalue weighted by Gasteiger charge is 2.14. The van der Waals surface area contributed by atoms with Crippen LogP contribution in [0, 0.1) is 13.8 Å². The fourth-order valence-electron chi connectivity index (χ4n) is 1.98. The third-order valence-corrected chi connectivity index (χ3v) is 4.57. The lowest BCUT2D eigenvalue weighted by atomic mass is 10.0. The van der Waals surface area contributed by atoms with Crippen molar-refractivity contribution in [3.8, 4) is 0 Å². The van der Waals surface area contributed by atoms with Gasteiger partial charge in [-0.2, -0.15) is 0 Å². The monoisotopic (exact) mass is 300 g/mol. The normalized spacial score (nSPS) is 12.7. The van der Waals surface area contributed by atoms with Crippen LogP contribution in [0.1, 0.15) is 27.0 Å². The van der Waals surface area contributed by atoms with Gasteiger partial charge in [0, 0.05) is 16.2 Å². The number of benzene rings is 1. The van der Waals surface area contributed by atoms with E-state index in [1.54, 1.807) is 17.4 Å². The lowest BCUT2D eigenvalue weighted by molar-refractivity contribution is 0.178. The molecule has 4 heteroatoms. The van der Waals surface area contributed by atoms with Crippen molar-refractivity contribution in [2.75, 3.05) is 0 Å². The summed E-state index contributed by atoms with van der Waals surface area (Å²) in [6.45, 7) is 4.08. The number of hydrogen-bond acceptors (Lipinski definition) is 2.